The first-order valence-electron chi connectivity index (χ1n) is 15.3. The van der Waals surface area contributed by atoms with E-state index in [0.717, 1.165) is 12.8 Å². The number of carbonyl (C=O) groups is 3. The molecule has 0 bridgehead atoms. The summed E-state index contributed by atoms with van der Waals surface area (Å²) in [4.78, 5) is 57.8. The molecule has 0 saturated heterocycles. The number of esters is 3. The lowest BCUT2D eigenvalue weighted by atomic mass is 9.75. The zero-order valence-corrected chi connectivity index (χ0v) is 26.6. The fraction of sp³-hybridized carbons (Fsp3) is 0.382. The number of aliphatic imine (C=N–C) groups is 1. The van der Waals surface area contributed by atoms with E-state index in [4.69, 9.17) is 18.9 Å². The molecular formula is C34H38N4O9. The van der Waals surface area contributed by atoms with Crippen LogP contribution in [0.25, 0.3) is 0 Å². The summed E-state index contributed by atoms with van der Waals surface area (Å²) in [6.45, 7) is 4.82. The summed E-state index contributed by atoms with van der Waals surface area (Å²) in [6.07, 6.45) is 7.97. The first-order chi connectivity index (χ1) is 22.7. The highest BCUT2D eigenvalue weighted by Crippen LogP contribution is 2.41. The van der Waals surface area contributed by atoms with Crippen molar-refractivity contribution in [2.24, 2.45) is 10.9 Å². The van der Waals surface area contributed by atoms with Crippen molar-refractivity contribution in [1.29, 1.82) is 0 Å². The summed E-state index contributed by atoms with van der Waals surface area (Å²) >= 11 is 0. The number of allylic oxidation sites excluding steroid dienone is 1. The quantitative estimate of drug-likeness (QED) is 0.0643. The molecule has 1 aromatic heterocycles. The van der Waals surface area contributed by atoms with E-state index >= 15 is 0 Å². The third-order valence-corrected chi connectivity index (χ3v) is 7.72. The third-order valence-electron chi connectivity index (χ3n) is 7.72. The molecular weight excluding hydrogens is 608 g/mol. The Morgan fingerprint density at radius 1 is 0.936 bits per heavy atom. The molecule has 0 spiro atoms. The van der Waals surface area contributed by atoms with Crippen LogP contribution in [0.3, 0.4) is 0 Å². The Balaban J connectivity index is 1.21. The van der Waals surface area contributed by atoms with E-state index in [2.05, 4.69) is 9.98 Å². The van der Waals surface area contributed by atoms with E-state index in [1.807, 2.05) is 10.8 Å². The first kappa shape index (κ1) is 34.5. The normalized spacial score (nSPS) is 15.9. The number of nitro groups is 1. The molecule has 4 rings (SSSR count). The molecule has 47 heavy (non-hydrogen) atoms. The Labute approximate surface area is 272 Å². The van der Waals surface area contributed by atoms with Crippen molar-refractivity contribution in [2.75, 3.05) is 26.9 Å². The monoisotopic (exact) mass is 646 g/mol. The Morgan fingerprint density at radius 3 is 2.28 bits per heavy atom. The SMILES string of the molecule is COC(=O)C1C(C)=NC(C)=C(C(=O)OCCCCCCOC(=O)c2ccc(OCCn3ccnc3)cc2)C1c1cccc([N+](=O)[O-])c1. The van der Waals surface area contributed by atoms with Gasteiger partial charge in [0.1, 0.15) is 18.3 Å². The molecule has 0 N–H and O–H groups in total. The van der Waals surface area contributed by atoms with Crippen LogP contribution in [-0.4, -0.2) is 65.0 Å². The minimum absolute atomic E-state index is 0.124. The van der Waals surface area contributed by atoms with Gasteiger partial charge in [-0.05, 0) is 69.4 Å². The molecule has 0 amide bonds. The predicted octanol–water partition coefficient (Wildman–Crippen LogP) is 5.45. The minimum atomic E-state index is -0.944. The molecule has 1 aliphatic rings. The lowest BCUT2D eigenvalue weighted by molar-refractivity contribution is -0.384. The number of nitrogens with zero attached hydrogens (tertiary/aromatic N) is 4. The summed E-state index contributed by atoms with van der Waals surface area (Å²) in [5, 5.41) is 11.4. The highest BCUT2D eigenvalue weighted by Gasteiger charge is 2.42. The summed E-state index contributed by atoms with van der Waals surface area (Å²) in [5.74, 6) is -2.82. The van der Waals surface area contributed by atoms with Crippen LogP contribution in [0.5, 0.6) is 5.75 Å². The average molecular weight is 647 g/mol. The second-order valence-corrected chi connectivity index (χ2v) is 10.9. The molecule has 2 atom stereocenters. The van der Waals surface area contributed by atoms with Crippen molar-refractivity contribution >= 4 is 29.3 Å². The Bertz CT molecular complexity index is 1610. The van der Waals surface area contributed by atoms with Crippen molar-refractivity contribution in [3.05, 3.63) is 99.8 Å². The number of hydrogen-bond donors (Lipinski definition) is 0. The Hall–Kier alpha value is -5.33. The molecule has 13 heteroatoms. The Kier molecular flexibility index (Phi) is 12.4. The van der Waals surface area contributed by atoms with E-state index in [1.165, 1.54) is 25.3 Å². The largest absolute Gasteiger partial charge is 0.492 e. The molecule has 2 heterocycles. The van der Waals surface area contributed by atoms with Crippen LogP contribution in [0.2, 0.25) is 0 Å². The van der Waals surface area contributed by atoms with E-state index in [-0.39, 0.29) is 24.5 Å². The summed E-state index contributed by atoms with van der Waals surface area (Å²) in [6, 6.07) is 12.6. The first-order valence-corrected chi connectivity index (χ1v) is 15.3. The number of imidazole rings is 1. The predicted molar refractivity (Wildman–Crippen MR) is 171 cm³/mol. The smallest absolute Gasteiger partial charge is 0.338 e. The fourth-order valence-electron chi connectivity index (χ4n) is 5.35. The maximum absolute atomic E-state index is 13.3. The van der Waals surface area contributed by atoms with Gasteiger partial charge in [0.15, 0.2) is 0 Å². The lowest BCUT2D eigenvalue weighted by Gasteiger charge is -2.31. The second kappa shape index (κ2) is 16.8. The zero-order chi connectivity index (χ0) is 33.8. The number of rotatable bonds is 16. The number of ether oxygens (including phenoxy) is 4. The van der Waals surface area contributed by atoms with Gasteiger partial charge in [0.25, 0.3) is 5.69 Å². The molecule has 0 saturated carbocycles. The van der Waals surface area contributed by atoms with Gasteiger partial charge >= 0.3 is 17.9 Å². The van der Waals surface area contributed by atoms with Crippen LogP contribution in [-0.2, 0) is 30.3 Å². The van der Waals surface area contributed by atoms with Gasteiger partial charge in [-0.1, -0.05) is 12.1 Å². The van der Waals surface area contributed by atoms with Crippen LogP contribution in [0.1, 0.15) is 61.4 Å². The maximum Gasteiger partial charge on any atom is 0.338 e. The van der Waals surface area contributed by atoms with Crippen molar-refractivity contribution < 1.29 is 38.3 Å². The number of carbonyl (C=O) groups excluding carboxylic acids is 3. The molecule has 2 aromatic carbocycles. The second-order valence-electron chi connectivity index (χ2n) is 10.9. The fourth-order valence-corrected chi connectivity index (χ4v) is 5.35. The van der Waals surface area contributed by atoms with Crippen LogP contribution < -0.4 is 4.74 Å². The van der Waals surface area contributed by atoms with Gasteiger partial charge in [0.2, 0.25) is 0 Å². The Morgan fingerprint density at radius 2 is 1.64 bits per heavy atom. The highest BCUT2D eigenvalue weighted by atomic mass is 16.6. The number of benzene rings is 2. The zero-order valence-electron chi connectivity index (χ0n) is 26.6. The van der Waals surface area contributed by atoms with Gasteiger partial charge in [0, 0.05) is 41.9 Å². The highest BCUT2D eigenvalue weighted by molar-refractivity contribution is 6.07. The average Bonchev–Trinajstić information content (AvgIpc) is 3.59. The molecule has 13 nitrogen and oxygen atoms in total. The van der Waals surface area contributed by atoms with Crippen molar-refractivity contribution in [2.45, 2.75) is 52.0 Å². The van der Waals surface area contributed by atoms with Crippen LogP contribution in [0.15, 0.2) is 83.5 Å². The van der Waals surface area contributed by atoms with Crippen LogP contribution in [0.4, 0.5) is 5.69 Å². The molecule has 248 valence electrons. The summed E-state index contributed by atoms with van der Waals surface area (Å²) in [5.41, 5.74) is 1.65. The van der Waals surface area contributed by atoms with Gasteiger partial charge < -0.3 is 23.5 Å². The summed E-state index contributed by atoms with van der Waals surface area (Å²) < 4.78 is 23.6. The van der Waals surface area contributed by atoms with E-state index < -0.39 is 34.7 Å². The van der Waals surface area contributed by atoms with E-state index in [1.54, 1.807) is 56.7 Å². The van der Waals surface area contributed by atoms with Gasteiger partial charge in [-0.3, -0.25) is 19.9 Å². The number of nitro benzene ring substituents is 1. The van der Waals surface area contributed by atoms with E-state index in [0.29, 0.717) is 54.3 Å². The molecule has 0 radical (unpaired) electrons. The number of hydrogen-bond acceptors (Lipinski definition) is 11. The number of unbranched alkanes of at least 4 members (excludes halogenated alkanes) is 3. The minimum Gasteiger partial charge on any atom is -0.492 e. The van der Waals surface area contributed by atoms with Crippen molar-refractivity contribution in [3.63, 3.8) is 0 Å². The summed E-state index contributed by atoms with van der Waals surface area (Å²) in [7, 11) is 1.24. The van der Waals surface area contributed by atoms with E-state index in [9.17, 15) is 24.5 Å². The molecule has 2 unspecified atom stereocenters. The van der Waals surface area contributed by atoms with Crippen molar-refractivity contribution in [3.8, 4) is 5.75 Å². The lowest BCUT2D eigenvalue weighted by Crippen LogP contribution is -2.36. The van der Waals surface area contributed by atoms with Gasteiger partial charge in [-0.25, -0.2) is 14.6 Å². The standard InChI is InChI=1S/C34H38N4O9/c1-23-29(33(40)44-3)31(26-9-8-10-27(21-26)38(42)43)30(24(2)36-23)34(41)47-19-7-5-4-6-18-46-32(39)25-11-13-28(14-12-25)45-20-17-37-16-15-35-22-37/h8-16,21-22,29,31H,4-7,17-20H2,1-3H3. The van der Waals surface area contributed by atoms with Gasteiger partial charge in [0.05, 0.1) is 49.3 Å². The van der Waals surface area contributed by atoms with Crippen molar-refractivity contribution in [1.82, 2.24) is 9.55 Å². The van der Waals surface area contributed by atoms with Gasteiger partial charge in [-0.15, -0.1) is 0 Å². The van der Waals surface area contributed by atoms with Crippen LogP contribution >= 0.6 is 0 Å². The number of methoxy groups -OCH3 is 1. The number of aromatic nitrogens is 2. The van der Waals surface area contributed by atoms with Gasteiger partial charge in [-0.2, -0.15) is 0 Å². The maximum atomic E-state index is 13.3. The topological polar surface area (TPSA) is 161 Å². The molecule has 0 fully saturated rings. The third kappa shape index (κ3) is 9.35. The molecule has 1 aliphatic heterocycles. The van der Waals surface area contributed by atoms with Crippen LogP contribution in [0, 0.1) is 16.0 Å². The number of non-ortho nitro benzene ring substituents is 1. The molecule has 3 aromatic rings. The molecule has 0 aliphatic carbocycles.